The number of carbonyl (C=O) groups is 1. The predicted octanol–water partition coefficient (Wildman–Crippen LogP) is 1.34. The van der Waals surface area contributed by atoms with E-state index in [4.69, 9.17) is 16.1 Å². The van der Waals surface area contributed by atoms with Crippen molar-refractivity contribution in [1.82, 2.24) is 15.0 Å². The number of halogens is 3. The molecule has 3 rings (SSSR count). The van der Waals surface area contributed by atoms with E-state index in [-0.39, 0.29) is 35.4 Å². The van der Waals surface area contributed by atoms with Gasteiger partial charge in [0.2, 0.25) is 21.7 Å². The second-order valence-electron chi connectivity index (χ2n) is 7.29. The lowest BCUT2D eigenvalue weighted by Crippen LogP contribution is -2.69. The van der Waals surface area contributed by atoms with Crippen LogP contribution in [-0.2, 0) is 14.8 Å². The van der Waals surface area contributed by atoms with Crippen molar-refractivity contribution in [3.05, 3.63) is 29.1 Å². The van der Waals surface area contributed by atoms with Crippen LogP contribution in [-0.4, -0.2) is 60.7 Å². The van der Waals surface area contributed by atoms with Gasteiger partial charge in [-0.3, -0.25) is 9.52 Å². The molecule has 1 aromatic heterocycles. The van der Waals surface area contributed by atoms with Crippen molar-refractivity contribution in [2.75, 3.05) is 24.1 Å². The standard InChI is InChI=1S/C17H20ClF2N5O4S/c1-9(13(21)16(26)25-6-5-17(19,20)8-25)15-22-14(23-29-15)11-4-3-10(7-12(11)18)24-30(2,27)28/h3-4,7,9,13,24H,5-6,8,21H2,1-2H3/p+1/t9-,13-/m0/s1. The third kappa shape index (κ3) is 5.05. The fourth-order valence-corrected chi connectivity index (χ4v) is 3.87. The zero-order valence-electron chi connectivity index (χ0n) is 16.2. The molecule has 0 aliphatic carbocycles. The zero-order valence-corrected chi connectivity index (χ0v) is 17.8. The highest BCUT2D eigenvalue weighted by atomic mass is 35.5. The number of quaternary nitrogens is 1. The molecule has 30 heavy (non-hydrogen) atoms. The van der Waals surface area contributed by atoms with Crippen molar-refractivity contribution in [3.63, 3.8) is 0 Å². The highest BCUT2D eigenvalue weighted by Gasteiger charge is 2.44. The number of carbonyl (C=O) groups excluding carboxylic acids is 1. The molecule has 0 spiro atoms. The molecule has 164 valence electrons. The number of anilines is 1. The van der Waals surface area contributed by atoms with Gasteiger partial charge in [-0.1, -0.05) is 16.8 Å². The van der Waals surface area contributed by atoms with Crippen LogP contribution in [0.1, 0.15) is 25.2 Å². The Balaban J connectivity index is 1.75. The molecule has 9 nitrogen and oxygen atoms in total. The summed E-state index contributed by atoms with van der Waals surface area (Å²) in [6.07, 6.45) is 0.647. The molecule has 0 bridgehead atoms. The number of amides is 1. The average molecular weight is 465 g/mol. The lowest BCUT2D eigenvalue weighted by molar-refractivity contribution is -0.411. The fourth-order valence-electron chi connectivity index (χ4n) is 3.05. The van der Waals surface area contributed by atoms with Crippen molar-refractivity contribution < 1.29 is 32.2 Å². The lowest BCUT2D eigenvalue weighted by Gasteiger charge is -2.20. The van der Waals surface area contributed by atoms with E-state index >= 15 is 0 Å². The van der Waals surface area contributed by atoms with Crippen LogP contribution >= 0.6 is 11.6 Å². The molecule has 4 N–H and O–H groups in total. The van der Waals surface area contributed by atoms with Gasteiger partial charge in [0.05, 0.1) is 23.7 Å². The van der Waals surface area contributed by atoms with Gasteiger partial charge in [0, 0.05) is 24.2 Å². The van der Waals surface area contributed by atoms with Gasteiger partial charge in [-0.15, -0.1) is 0 Å². The van der Waals surface area contributed by atoms with Crippen LogP contribution in [0.4, 0.5) is 14.5 Å². The van der Waals surface area contributed by atoms with Crippen LogP contribution in [0.15, 0.2) is 22.7 Å². The first kappa shape index (κ1) is 22.4. The van der Waals surface area contributed by atoms with Crippen molar-refractivity contribution in [3.8, 4) is 11.4 Å². The minimum Gasteiger partial charge on any atom is -0.347 e. The molecular weight excluding hydrogens is 444 g/mol. The normalized spacial score (nSPS) is 18.3. The van der Waals surface area contributed by atoms with Crippen LogP contribution in [0, 0.1) is 0 Å². The zero-order chi connectivity index (χ0) is 22.3. The maximum absolute atomic E-state index is 13.4. The number of nitrogens with zero attached hydrogens (tertiary/aromatic N) is 3. The quantitative estimate of drug-likeness (QED) is 0.662. The number of sulfonamides is 1. The third-order valence-electron chi connectivity index (χ3n) is 4.75. The van der Waals surface area contributed by atoms with Gasteiger partial charge in [-0.2, -0.15) is 4.98 Å². The number of nitrogens with one attached hydrogen (secondary N) is 1. The number of likely N-dealkylation sites (tertiary alicyclic amines) is 1. The van der Waals surface area contributed by atoms with Gasteiger partial charge < -0.3 is 15.2 Å². The molecule has 13 heteroatoms. The Bertz CT molecular complexity index is 1060. The van der Waals surface area contributed by atoms with E-state index in [1.807, 2.05) is 0 Å². The summed E-state index contributed by atoms with van der Waals surface area (Å²) in [6.45, 7) is 0.994. The fraction of sp³-hybridized carbons (Fsp3) is 0.471. The van der Waals surface area contributed by atoms with Gasteiger partial charge >= 0.3 is 0 Å². The summed E-state index contributed by atoms with van der Waals surface area (Å²) in [4.78, 5) is 17.8. The Hall–Kier alpha value is -2.31. The second kappa shape index (κ2) is 8.08. The number of benzene rings is 1. The lowest BCUT2D eigenvalue weighted by atomic mass is 10.0. The molecule has 2 aromatic rings. The third-order valence-corrected chi connectivity index (χ3v) is 5.67. The molecule has 2 heterocycles. The van der Waals surface area contributed by atoms with Crippen molar-refractivity contribution in [2.45, 2.75) is 31.2 Å². The van der Waals surface area contributed by atoms with Crippen molar-refractivity contribution >= 4 is 33.2 Å². The Morgan fingerprint density at radius 1 is 1.43 bits per heavy atom. The smallest absolute Gasteiger partial charge is 0.281 e. The summed E-state index contributed by atoms with van der Waals surface area (Å²) < 4.78 is 57.0. The molecule has 0 unspecified atom stereocenters. The van der Waals surface area contributed by atoms with Gasteiger partial charge in [-0.05, 0) is 25.1 Å². The first-order valence-corrected chi connectivity index (χ1v) is 11.2. The summed E-state index contributed by atoms with van der Waals surface area (Å²) in [7, 11) is -3.46. The minimum absolute atomic E-state index is 0.0247. The van der Waals surface area contributed by atoms with E-state index in [1.54, 1.807) is 6.92 Å². The van der Waals surface area contributed by atoms with Gasteiger partial charge in [0.15, 0.2) is 6.04 Å². The first-order chi connectivity index (χ1) is 13.9. The molecule has 2 atom stereocenters. The number of alkyl halides is 2. The molecule has 0 radical (unpaired) electrons. The van der Waals surface area contributed by atoms with Crippen molar-refractivity contribution in [2.24, 2.45) is 0 Å². The molecule has 1 aliphatic rings. The Labute approximate surface area is 176 Å². The molecule has 1 aliphatic heterocycles. The van der Waals surface area contributed by atoms with Crippen LogP contribution < -0.4 is 10.5 Å². The van der Waals surface area contributed by atoms with Crippen molar-refractivity contribution in [1.29, 1.82) is 0 Å². The number of aromatic nitrogens is 2. The minimum atomic E-state index is -3.46. The van der Waals surface area contributed by atoms with E-state index in [2.05, 4.69) is 20.6 Å². The number of rotatable bonds is 6. The van der Waals surface area contributed by atoms with E-state index in [9.17, 15) is 22.0 Å². The number of hydrogen-bond donors (Lipinski definition) is 2. The number of hydrogen-bond acceptors (Lipinski definition) is 6. The average Bonchev–Trinajstić information content (AvgIpc) is 3.25. The Morgan fingerprint density at radius 2 is 2.13 bits per heavy atom. The summed E-state index contributed by atoms with van der Waals surface area (Å²) in [5.74, 6) is -3.75. The first-order valence-electron chi connectivity index (χ1n) is 8.97. The SMILES string of the molecule is C[C@H](c1nc(-c2ccc(NS(C)(=O)=O)cc2Cl)no1)[C@H]([NH3+])C(=O)N1CCC(F)(F)C1. The highest BCUT2D eigenvalue weighted by molar-refractivity contribution is 7.92. The summed E-state index contributed by atoms with van der Waals surface area (Å²) in [6, 6.07) is 3.53. The maximum atomic E-state index is 13.4. The molecule has 1 aromatic carbocycles. The van der Waals surface area contributed by atoms with Crippen LogP contribution in [0.5, 0.6) is 0 Å². The highest BCUT2D eigenvalue weighted by Crippen LogP contribution is 2.31. The molecule has 1 saturated heterocycles. The molecule has 1 fully saturated rings. The van der Waals surface area contributed by atoms with Gasteiger partial charge in [0.1, 0.15) is 0 Å². The van der Waals surface area contributed by atoms with Gasteiger partial charge in [0.25, 0.3) is 11.8 Å². The maximum Gasteiger partial charge on any atom is 0.281 e. The van der Waals surface area contributed by atoms with Gasteiger partial charge in [-0.25, -0.2) is 17.2 Å². The predicted molar refractivity (Wildman–Crippen MR) is 104 cm³/mol. The van der Waals surface area contributed by atoms with Crippen LogP contribution in [0.25, 0.3) is 11.4 Å². The summed E-state index contributed by atoms with van der Waals surface area (Å²) >= 11 is 6.21. The largest absolute Gasteiger partial charge is 0.347 e. The van der Waals surface area contributed by atoms with E-state index in [0.717, 1.165) is 11.2 Å². The molecular formula is C17H21ClF2N5O4S+. The topological polar surface area (TPSA) is 133 Å². The summed E-state index contributed by atoms with van der Waals surface area (Å²) in [5.41, 5.74) is 4.46. The van der Waals surface area contributed by atoms with E-state index < -0.39 is 40.4 Å². The summed E-state index contributed by atoms with van der Waals surface area (Å²) in [5, 5.41) is 4.04. The Morgan fingerprint density at radius 3 is 2.70 bits per heavy atom. The van der Waals surface area contributed by atoms with E-state index in [1.165, 1.54) is 18.2 Å². The van der Waals surface area contributed by atoms with Crippen LogP contribution in [0.2, 0.25) is 5.02 Å². The molecule has 1 amide bonds. The Kier molecular flexibility index (Phi) is 6.03. The van der Waals surface area contributed by atoms with E-state index in [0.29, 0.717) is 5.56 Å². The second-order valence-corrected chi connectivity index (χ2v) is 9.44. The monoisotopic (exact) mass is 464 g/mol. The molecule has 0 saturated carbocycles. The van der Waals surface area contributed by atoms with Crippen LogP contribution in [0.3, 0.4) is 0 Å².